The zero-order valence-corrected chi connectivity index (χ0v) is 25.5. The number of nitrogens with one attached hydrogen (secondary N) is 3. The van der Waals surface area contributed by atoms with Crippen molar-refractivity contribution in [3.8, 4) is 11.5 Å². The van der Waals surface area contributed by atoms with Gasteiger partial charge in [-0.25, -0.2) is 0 Å². The van der Waals surface area contributed by atoms with Gasteiger partial charge >= 0.3 is 0 Å². The van der Waals surface area contributed by atoms with Gasteiger partial charge in [0.05, 0.1) is 30.0 Å². The highest BCUT2D eigenvalue weighted by Gasteiger charge is 2.16. The molecule has 0 heterocycles. The van der Waals surface area contributed by atoms with Crippen molar-refractivity contribution in [1.29, 1.82) is 0 Å². The summed E-state index contributed by atoms with van der Waals surface area (Å²) in [5, 5.41) is 9.06. The minimum Gasteiger partial charge on any atom is -0.493 e. The largest absolute Gasteiger partial charge is 0.493 e. The van der Waals surface area contributed by atoms with Crippen LogP contribution in [0.5, 0.6) is 11.5 Å². The Morgan fingerprint density at radius 3 is 2.14 bits per heavy atom. The molecular weight excluding hydrogens is 609 g/mol. The van der Waals surface area contributed by atoms with Gasteiger partial charge < -0.3 is 25.4 Å². The van der Waals surface area contributed by atoms with Gasteiger partial charge in [0.2, 0.25) is 5.91 Å². The topological polar surface area (TPSA) is 106 Å². The summed E-state index contributed by atoms with van der Waals surface area (Å²) in [4.78, 5) is 39.5. The van der Waals surface area contributed by atoms with Crippen LogP contribution in [0.3, 0.4) is 0 Å². The van der Waals surface area contributed by atoms with E-state index in [4.69, 9.17) is 32.7 Å². The Morgan fingerprint density at radius 1 is 0.767 bits per heavy atom. The van der Waals surface area contributed by atoms with Crippen molar-refractivity contribution < 1.29 is 23.9 Å². The number of rotatable bonds is 11. The van der Waals surface area contributed by atoms with Gasteiger partial charge in [0.1, 0.15) is 5.70 Å². The molecule has 0 aliphatic rings. The van der Waals surface area contributed by atoms with Crippen molar-refractivity contribution >= 4 is 70.1 Å². The van der Waals surface area contributed by atoms with E-state index in [0.717, 1.165) is 4.90 Å². The van der Waals surface area contributed by atoms with E-state index in [-0.39, 0.29) is 17.4 Å². The molecule has 0 aliphatic heterocycles. The molecule has 0 spiro atoms. The van der Waals surface area contributed by atoms with Gasteiger partial charge in [-0.2, -0.15) is 0 Å². The molecule has 0 saturated heterocycles. The number of hydrogen-bond donors (Lipinski definition) is 3. The molecule has 3 N–H and O–H groups in total. The van der Waals surface area contributed by atoms with E-state index < -0.39 is 11.8 Å². The lowest BCUT2D eigenvalue weighted by molar-refractivity contribution is -0.114. The smallest absolute Gasteiger partial charge is 0.272 e. The van der Waals surface area contributed by atoms with Crippen LogP contribution in [-0.2, 0) is 9.59 Å². The molecule has 4 aromatic carbocycles. The molecule has 0 radical (unpaired) electrons. The number of halogens is 2. The SMILES string of the molecule is COc1ccc(/C=C(\NC(=O)c2ccccc2)C(=O)Nc2ccc(SCC(=O)Nc3ccc(Cl)c(Cl)c3)cc2)cc1OC. The Labute approximate surface area is 263 Å². The summed E-state index contributed by atoms with van der Waals surface area (Å²) in [7, 11) is 3.04. The summed E-state index contributed by atoms with van der Waals surface area (Å²) in [6.07, 6.45) is 1.55. The van der Waals surface area contributed by atoms with Crippen molar-refractivity contribution in [3.05, 3.63) is 118 Å². The van der Waals surface area contributed by atoms with E-state index in [1.807, 2.05) is 0 Å². The quantitative estimate of drug-likeness (QED) is 0.119. The van der Waals surface area contributed by atoms with Crippen LogP contribution >= 0.6 is 35.0 Å². The highest BCUT2D eigenvalue weighted by Crippen LogP contribution is 2.29. The Bertz CT molecular complexity index is 1650. The fraction of sp³-hybridized carbons (Fsp3) is 0.0938. The Hall–Kier alpha value is -4.44. The second kappa shape index (κ2) is 15.2. The molecule has 0 aromatic heterocycles. The Morgan fingerprint density at radius 2 is 1.47 bits per heavy atom. The lowest BCUT2D eigenvalue weighted by Gasteiger charge is -2.13. The number of amides is 3. The lowest BCUT2D eigenvalue weighted by atomic mass is 10.1. The molecule has 4 rings (SSSR count). The summed E-state index contributed by atoms with van der Waals surface area (Å²) < 4.78 is 10.7. The van der Waals surface area contributed by atoms with Crippen LogP contribution in [-0.4, -0.2) is 37.7 Å². The first-order valence-corrected chi connectivity index (χ1v) is 14.6. The second-order valence-electron chi connectivity index (χ2n) is 8.94. The summed E-state index contributed by atoms with van der Waals surface area (Å²) in [5.41, 5.74) is 2.09. The Kier molecular flexibility index (Phi) is 11.1. The van der Waals surface area contributed by atoms with Gasteiger partial charge in [0.15, 0.2) is 11.5 Å². The molecular formula is C32H27Cl2N3O5S. The van der Waals surface area contributed by atoms with Crippen molar-refractivity contribution in [1.82, 2.24) is 5.32 Å². The van der Waals surface area contributed by atoms with Crippen LogP contribution < -0.4 is 25.4 Å². The highest BCUT2D eigenvalue weighted by molar-refractivity contribution is 8.00. The number of carbonyl (C=O) groups is 3. The maximum Gasteiger partial charge on any atom is 0.272 e. The number of methoxy groups -OCH3 is 2. The van der Waals surface area contributed by atoms with Crippen LogP contribution in [0, 0.1) is 0 Å². The zero-order chi connectivity index (χ0) is 30.8. The van der Waals surface area contributed by atoms with E-state index in [2.05, 4.69) is 16.0 Å². The number of thioether (sulfide) groups is 1. The molecule has 11 heteroatoms. The first-order chi connectivity index (χ1) is 20.7. The summed E-state index contributed by atoms with van der Waals surface area (Å²) in [6.45, 7) is 0. The van der Waals surface area contributed by atoms with Crippen LogP contribution in [0.25, 0.3) is 6.08 Å². The van der Waals surface area contributed by atoms with E-state index in [0.29, 0.717) is 44.0 Å². The maximum atomic E-state index is 13.4. The van der Waals surface area contributed by atoms with Crippen molar-refractivity contribution in [2.24, 2.45) is 0 Å². The van der Waals surface area contributed by atoms with E-state index in [9.17, 15) is 14.4 Å². The number of benzene rings is 4. The van der Waals surface area contributed by atoms with E-state index >= 15 is 0 Å². The minimum atomic E-state index is -0.527. The molecule has 0 bridgehead atoms. The van der Waals surface area contributed by atoms with Gasteiger partial charge in [-0.3, -0.25) is 14.4 Å². The average molecular weight is 637 g/mol. The third kappa shape index (κ3) is 9.02. The minimum absolute atomic E-state index is 0.0264. The molecule has 0 fully saturated rings. The van der Waals surface area contributed by atoms with Crippen molar-refractivity contribution in [2.45, 2.75) is 4.90 Å². The molecule has 4 aromatic rings. The molecule has 0 aliphatic carbocycles. The normalized spacial score (nSPS) is 10.9. The third-order valence-corrected chi connectivity index (χ3v) is 7.68. The first-order valence-electron chi connectivity index (χ1n) is 12.8. The molecule has 0 saturated carbocycles. The van der Waals surface area contributed by atoms with Gasteiger partial charge in [0, 0.05) is 21.8 Å². The van der Waals surface area contributed by atoms with Gasteiger partial charge in [-0.1, -0.05) is 47.5 Å². The summed E-state index contributed by atoms with van der Waals surface area (Å²) in [5.74, 6) is -0.00278. The summed E-state index contributed by atoms with van der Waals surface area (Å²) >= 11 is 13.3. The van der Waals surface area contributed by atoms with Crippen LogP contribution in [0.1, 0.15) is 15.9 Å². The van der Waals surface area contributed by atoms with E-state index in [1.54, 1.807) is 97.1 Å². The van der Waals surface area contributed by atoms with E-state index in [1.165, 1.54) is 26.0 Å². The van der Waals surface area contributed by atoms with Crippen LogP contribution in [0.4, 0.5) is 11.4 Å². The molecule has 8 nitrogen and oxygen atoms in total. The molecule has 43 heavy (non-hydrogen) atoms. The monoisotopic (exact) mass is 635 g/mol. The van der Waals surface area contributed by atoms with Gasteiger partial charge in [0.25, 0.3) is 11.8 Å². The number of ether oxygens (including phenoxy) is 2. The predicted octanol–water partition coefficient (Wildman–Crippen LogP) is 7.15. The zero-order valence-electron chi connectivity index (χ0n) is 23.2. The standard InChI is InChI=1S/C32H27Cl2N3O5S/c1-41-28-15-8-20(17-29(28)42-2)16-27(37-31(39)21-6-4-3-5-7-21)32(40)36-22-9-12-24(13-10-22)43-19-30(38)35-23-11-14-25(33)26(34)18-23/h3-18H,19H2,1-2H3,(H,35,38)(H,36,40)(H,37,39)/b27-16-. The van der Waals surface area contributed by atoms with Crippen LogP contribution in [0.2, 0.25) is 10.0 Å². The van der Waals surface area contributed by atoms with Crippen LogP contribution in [0.15, 0.2) is 102 Å². The number of anilines is 2. The van der Waals surface area contributed by atoms with Crippen molar-refractivity contribution in [3.63, 3.8) is 0 Å². The molecule has 0 unspecified atom stereocenters. The Balaban J connectivity index is 1.44. The predicted molar refractivity (Wildman–Crippen MR) is 172 cm³/mol. The third-order valence-electron chi connectivity index (χ3n) is 5.93. The highest BCUT2D eigenvalue weighted by atomic mass is 35.5. The number of carbonyl (C=O) groups excluding carboxylic acids is 3. The maximum absolute atomic E-state index is 13.4. The van der Waals surface area contributed by atoms with Gasteiger partial charge in [-0.15, -0.1) is 11.8 Å². The lowest BCUT2D eigenvalue weighted by Crippen LogP contribution is -2.30. The molecule has 220 valence electrons. The summed E-state index contributed by atoms with van der Waals surface area (Å²) in [6, 6.07) is 25.6. The fourth-order valence-electron chi connectivity index (χ4n) is 3.80. The van der Waals surface area contributed by atoms with Gasteiger partial charge in [-0.05, 0) is 78.4 Å². The van der Waals surface area contributed by atoms with Crippen molar-refractivity contribution in [2.75, 3.05) is 30.6 Å². The molecule has 0 atom stereocenters. The fourth-order valence-corrected chi connectivity index (χ4v) is 4.80. The first kappa shape index (κ1) is 31.5. The number of hydrogen-bond acceptors (Lipinski definition) is 6. The average Bonchev–Trinajstić information content (AvgIpc) is 3.02. The second-order valence-corrected chi connectivity index (χ2v) is 10.8. The molecule has 3 amide bonds.